The van der Waals surface area contributed by atoms with E-state index in [4.69, 9.17) is 5.73 Å². The molecular formula is C23H28N6O. The minimum Gasteiger partial charge on any atom is -0.388 e. The van der Waals surface area contributed by atoms with Crippen LogP contribution in [0, 0.1) is 6.92 Å². The van der Waals surface area contributed by atoms with E-state index in [0.717, 1.165) is 47.7 Å². The van der Waals surface area contributed by atoms with E-state index in [9.17, 15) is 4.79 Å². The third kappa shape index (κ3) is 4.86. The van der Waals surface area contributed by atoms with Crippen LogP contribution in [0.25, 0.3) is 21.9 Å². The van der Waals surface area contributed by atoms with Gasteiger partial charge in [0.1, 0.15) is 5.52 Å². The molecule has 2 aromatic heterocycles. The van der Waals surface area contributed by atoms with E-state index < -0.39 is 0 Å². The van der Waals surface area contributed by atoms with Crippen LogP contribution in [0.15, 0.2) is 54.9 Å². The largest absolute Gasteiger partial charge is 0.388 e. The lowest BCUT2D eigenvalue weighted by molar-refractivity contribution is -0.109. The molecule has 0 unspecified atom stereocenters. The molecule has 0 saturated carbocycles. The molecule has 0 saturated heterocycles. The molecule has 0 radical (unpaired) electrons. The standard InChI is InChI=1S/C15H17N5O.C8H11N/c16-15-13-14(11-5-1-2-6-12(11)19-15)20(9-18-13)8-4-3-7-17-10-21;1-7-5-3-4-6-8(7)9-2/h1-2,5-6,9-10H,3-4,7-8H2,(H2,16,19)(H,17,21);3-6,9H,1-2H3. The number of para-hydroxylation sites is 2. The number of rotatable bonds is 7. The van der Waals surface area contributed by atoms with Gasteiger partial charge >= 0.3 is 0 Å². The van der Waals surface area contributed by atoms with Crippen molar-refractivity contribution in [2.75, 3.05) is 24.6 Å². The maximum Gasteiger partial charge on any atom is 0.207 e. The SMILES string of the molecule is CNc1ccccc1C.Nc1nc2ccccc2c2c1ncn2CCCCNC=O. The lowest BCUT2D eigenvalue weighted by Crippen LogP contribution is -2.12. The normalized spacial score (nSPS) is 10.5. The first kappa shape index (κ1) is 21.1. The monoisotopic (exact) mass is 404 g/mol. The van der Waals surface area contributed by atoms with Crippen LogP contribution >= 0.6 is 0 Å². The number of benzene rings is 2. The molecule has 0 atom stereocenters. The molecule has 7 heteroatoms. The van der Waals surface area contributed by atoms with E-state index in [2.05, 4.69) is 44.2 Å². The average Bonchev–Trinajstić information content (AvgIpc) is 3.19. The van der Waals surface area contributed by atoms with Gasteiger partial charge in [-0.15, -0.1) is 0 Å². The Morgan fingerprint density at radius 2 is 1.87 bits per heavy atom. The van der Waals surface area contributed by atoms with E-state index in [1.165, 1.54) is 11.3 Å². The number of anilines is 2. The summed E-state index contributed by atoms with van der Waals surface area (Å²) in [5.41, 5.74) is 11.2. The molecule has 4 N–H and O–H groups in total. The van der Waals surface area contributed by atoms with Crippen LogP contribution in [0.5, 0.6) is 0 Å². The van der Waals surface area contributed by atoms with Gasteiger partial charge in [0.2, 0.25) is 6.41 Å². The third-order valence-electron chi connectivity index (χ3n) is 4.95. The second-order valence-electron chi connectivity index (χ2n) is 6.99. The second-order valence-corrected chi connectivity index (χ2v) is 6.99. The lowest BCUT2D eigenvalue weighted by atomic mass is 10.2. The maximum atomic E-state index is 10.2. The van der Waals surface area contributed by atoms with E-state index in [0.29, 0.717) is 12.4 Å². The molecule has 156 valence electrons. The van der Waals surface area contributed by atoms with Gasteiger partial charge in [-0.1, -0.05) is 36.4 Å². The zero-order valence-corrected chi connectivity index (χ0v) is 17.4. The molecular weight excluding hydrogens is 376 g/mol. The molecule has 4 rings (SSSR count). The fraction of sp³-hybridized carbons (Fsp3) is 0.261. The summed E-state index contributed by atoms with van der Waals surface area (Å²) in [6, 6.07) is 16.2. The van der Waals surface area contributed by atoms with Gasteiger partial charge in [-0.05, 0) is 37.5 Å². The number of hydrogen-bond acceptors (Lipinski definition) is 5. The maximum absolute atomic E-state index is 10.2. The van der Waals surface area contributed by atoms with Crippen LogP contribution < -0.4 is 16.4 Å². The predicted octanol–water partition coefficient (Wildman–Crippen LogP) is 3.73. The molecule has 2 heterocycles. The van der Waals surface area contributed by atoms with Crippen LogP contribution in [0.4, 0.5) is 11.5 Å². The van der Waals surface area contributed by atoms with Crippen molar-refractivity contribution in [1.29, 1.82) is 0 Å². The number of aromatic nitrogens is 3. The Labute approximate surface area is 176 Å². The first-order valence-corrected chi connectivity index (χ1v) is 10.0. The van der Waals surface area contributed by atoms with Gasteiger partial charge in [0, 0.05) is 31.2 Å². The highest BCUT2D eigenvalue weighted by Crippen LogP contribution is 2.27. The first-order valence-electron chi connectivity index (χ1n) is 10.0. The molecule has 2 aromatic carbocycles. The number of nitrogens with one attached hydrogen (secondary N) is 2. The lowest BCUT2D eigenvalue weighted by Gasteiger charge is -2.07. The summed E-state index contributed by atoms with van der Waals surface area (Å²) in [4.78, 5) is 19.0. The Kier molecular flexibility index (Phi) is 7.21. The molecule has 0 fully saturated rings. The minimum absolute atomic E-state index is 0.463. The number of amides is 1. The predicted molar refractivity (Wildman–Crippen MR) is 123 cm³/mol. The molecule has 7 nitrogen and oxygen atoms in total. The minimum atomic E-state index is 0.463. The number of imidazole rings is 1. The molecule has 0 aliphatic rings. The van der Waals surface area contributed by atoms with Gasteiger partial charge in [-0.2, -0.15) is 0 Å². The smallest absolute Gasteiger partial charge is 0.207 e. The molecule has 0 aliphatic carbocycles. The van der Waals surface area contributed by atoms with E-state index in [1.807, 2.05) is 49.8 Å². The van der Waals surface area contributed by atoms with Crippen molar-refractivity contribution in [2.24, 2.45) is 0 Å². The highest BCUT2D eigenvalue weighted by atomic mass is 16.1. The fourth-order valence-electron chi connectivity index (χ4n) is 3.40. The van der Waals surface area contributed by atoms with Crippen LogP contribution in [0.3, 0.4) is 0 Å². The van der Waals surface area contributed by atoms with Gasteiger partial charge in [-0.25, -0.2) is 9.97 Å². The Bertz CT molecular complexity index is 1120. The Morgan fingerprint density at radius 1 is 1.10 bits per heavy atom. The molecule has 1 amide bonds. The van der Waals surface area contributed by atoms with Crippen LogP contribution in [-0.2, 0) is 11.3 Å². The summed E-state index contributed by atoms with van der Waals surface area (Å²) in [5, 5.41) is 6.82. The van der Waals surface area contributed by atoms with E-state index in [-0.39, 0.29) is 0 Å². The summed E-state index contributed by atoms with van der Waals surface area (Å²) < 4.78 is 2.11. The Morgan fingerprint density at radius 3 is 2.60 bits per heavy atom. The number of nitrogens with zero attached hydrogens (tertiary/aromatic N) is 3. The fourth-order valence-corrected chi connectivity index (χ4v) is 3.40. The van der Waals surface area contributed by atoms with Crippen LogP contribution in [0.2, 0.25) is 0 Å². The Hall–Kier alpha value is -3.61. The summed E-state index contributed by atoms with van der Waals surface area (Å²) in [5.74, 6) is 0.463. The van der Waals surface area contributed by atoms with Crippen molar-refractivity contribution < 1.29 is 4.79 Å². The molecule has 0 bridgehead atoms. The summed E-state index contributed by atoms with van der Waals surface area (Å²) in [6.07, 6.45) is 4.43. The number of nitrogen functional groups attached to an aromatic ring is 1. The van der Waals surface area contributed by atoms with Gasteiger partial charge in [0.05, 0.1) is 17.4 Å². The molecule has 4 aromatic rings. The van der Waals surface area contributed by atoms with Gasteiger partial charge in [0.25, 0.3) is 0 Å². The number of nitrogens with two attached hydrogens (primary N) is 1. The van der Waals surface area contributed by atoms with Crippen molar-refractivity contribution in [3.05, 3.63) is 60.4 Å². The van der Waals surface area contributed by atoms with Crippen molar-refractivity contribution in [3.8, 4) is 0 Å². The number of pyridine rings is 1. The van der Waals surface area contributed by atoms with E-state index >= 15 is 0 Å². The zero-order valence-electron chi connectivity index (χ0n) is 17.4. The highest BCUT2D eigenvalue weighted by Gasteiger charge is 2.11. The van der Waals surface area contributed by atoms with Gasteiger partial charge in [0.15, 0.2) is 5.82 Å². The molecule has 0 aliphatic heterocycles. The average molecular weight is 405 g/mol. The topological polar surface area (TPSA) is 97.9 Å². The first-order chi connectivity index (χ1) is 14.7. The van der Waals surface area contributed by atoms with Crippen LogP contribution in [-0.4, -0.2) is 34.5 Å². The molecule has 0 spiro atoms. The third-order valence-corrected chi connectivity index (χ3v) is 4.95. The van der Waals surface area contributed by atoms with Crippen molar-refractivity contribution in [1.82, 2.24) is 19.9 Å². The summed E-state index contributed by atoms with van der Waals surface area (Å²) in [7, 11) is 1.93. The van der Waals surface area contributed by atoms with Gasteiger partial charge in [-0.3, -0.25) is 4.79 Å². The van der Waals surface area contributed by atoms with Gasteiger partial charge < -0.3 is 20.9 Å². The quantitative estimate of drug-likeness (QED) is 0.322. The zero-order chi connectivity index (χ0) is 21.3. The number of unbranched alkanes of at least 4 members (excludes halogenated alkanes) is 1. The summed E-state index contributed by atoms with van der Waals surface area (Å²) in [6.45, 7) is 3.62. The summed E-state index contributed by atoms with van der Waals surface area (Å²) >= 11 is 0. The van der Waals surface area contributed by atoms with E-state index in [1.54, 1.807) is 0 Å². The van der Waals surface area contributed by atoms with Crippen molar-refractivity contribution in [2.45, 2.75) is 26.3 Å². The number of carbonyl (C=O) groups is 1. The second kappa shape index (κ2) is 10.2. The number of aryl methyl sites for hydroxylation is 2. The van der Waals surface area contributed by atoms with Crippen molar-refractivity contribution >= 4 is 39.9 Å². The highest BCUT2D eigenvalue weighted by molar-refractivity contribution is 6.06. The number of hydrogen-bond donors (Lipinski definition) is 3. The van der Waals surface area contributed by atoms with Crippen LogP contribution in [0.1, 0.15) is 18.4 Å². The molecule has 30 heavy (non-hydrogen) atoms. The Balaban J connectivity index is 0.000000239. The number of carbonyl (C=O) groups excluding carboxylic acids is 1. The van der Waals surface area contributed by atoms with Crippen molar-refractivity contribution in [3.63, 3.8) is 0 Å². The number of fused-ring (bicyclic) bond motifs is 3.